The number of hydrogen-bond acceptors (Lipinski definition) is 5. The van der Waals surface area contributed by atoms with Crippen LogP contribution in [-0.2, 0) is 26.0 Å². The molecule has 2 aromatic rings. The van der Waals surface area contributed by atoms with Gasteiger partial charge in [-0.3, -0.25) is 25.1 Å². The van der Waals surface area contributed by atoms with Gasteiger partial charge in [0, 0.05) is 12.1 Å². The SMILES string of the molecule is Cc1ccc(S(=O)(=O)CCC(=O)NNC(=O)Cn2nc(C)cc2C)cc1. The molecule has 0 aliphatic rings. The number of hydrazine groups is 1. The molecule has 2 rings (SSSR count). The summed E-state index contributed by atoms with van der Waals surface area (Å²) in [5.41, 5.74) is 7.05. The summed E-state index contributed by atoms with van der Waals surface area (Å²) in [6.45, 7) is 5.46. The van der Waals surface area contributed by atoms with Crippen LogP contribution in [0.4, 0.5) is 0 Å². The summed E-state index contributed by atoms with van der Waals surface area (Å²) in [6, 6.07) is 8.26. The van der Waals surface area contributed by atoms with Gasteiger partial charge in [0.1, 0.15) is 6.54 Å². The van der Waals surface area contributed by atoms with Gasteiger partial charge in [-0.05, 0) is 39.0 Å². The molecule has 0 aliphatic carbocycles. The predicted molar refractivity (Wildman–Crippen MR) is 95.8 cm³/mol. The first-order chi connectivity index (χ1) is 12.2. The molecular weight excluding hydrogens is 356 g/mol. The van der Waals surface area contributed by atoms with Gasteiger partial charge in [0.2, 0.25) is 5.91 Å². The van der Waals surface area contributed by atoms with Crippen LogP contribution in [0, 0.1) is 20.8 Å². The average molecular weight is 378 g/mol. The van der Waals surface area contributed by atoms with Gasteiger partial charge in [-0.2, -0.15) is 5.10 Å². The number of amides is 2. The van der Waals surface area contributed by atoms with Crippen molar-refractivity contribution in [3.63, 3.8) is 0 Å². The molecule has 26 heavy (non-hydrogen) atoms. The van der Waals surface area contributed by atoms with Crippen molar-refractivity contribution in [2.45, 2.75) is 38.6 Å². The van der Waals surface area contributed by atoms with E-state index in [0.717, 1.165) is 17.0 Å². The number of benzene rings is 1. The fourth-order valence-electron chi connectivity index (χ4n) is 2.30. The molecular formula is C17H22N4O4S. The minimum Gasteiger partial charge on any atom is -0.273 e. The molecule has 0 atom stereocenters. The van der Waals surface area contributed by atoms with Crippen LogP contribution in [-0.4, -0.2) is 35.8 Å². The molecule has 2 amide bonds. The topological polar surface area (TPSA) is 110 Å². The van der Waals surface area contributed by atoms with Crippen LogP contribution in [0.25, 0.3) is 0 Å². The van der Waals surface area contributed by atoms with Gasteiger partial charge in [0.25, 0.3) is 5.91 Å². The Morgan fingerprint density at radius 2 is 1.65 bits per heavy atom. The highest BCUT2D eigenvalue weighted by atomic mass is 32.2. The molecule has 0 aliphatic heterocycles. The van der Waals surface area contributed by atoms with E-state index in [1.54, 1.807) is 12.1 Å². The zero-order chi connectivity index (χ0) is 19.3. The molecule has 0 unspecified atom stereocenters. The minimum atomic E-state index is -3.55. The van der Waals surface area contributed by atoms with Crippen molar-refractivity contribution >= 4 is 21.7 Å². The number of aryl methyl sites for hydroxylation is 3. The smallest absolute Gasteiger partial charge is 0.260 e. The lowest BCUT2D eigenvalue weighted by Gasteiger charge is -2.09. The van der Waals surface area contributed by atoms with Crippen LogP contribution >= 0.6 is 0 Å². The van der Waals surface area contributed by atoms with Crippen molar-refractivity contribution in [2.24, 2.45) is 0 Å². The van der Waals surface area contributed by atoms with E-state index in [4.69, 9.17) is 0 Å². The average Bonchev–Trinajstić information content (AvgIpc) is 2.89. The molecule has 0 radical (unpaired) electrons. The Kier molecular flexibility index (Phi) is 6.14. The standard InChI is InChI=1S/C17H22N4O4S/c1-12-4-6-15(7-5-12)26(24,25)9-8-16(22)18-19-17(23)11-21-14(3)10-13(2)20-21/h4-7,10H,8-9,11H2,1-3H3,(H,18,22)(H,19,23). The number of nitrogens with zero attached hydrogens (tertiary/aromatic N) is 2. The molecule has 9 heteroatoms. The summed E-state index contributed by atoms with van der Waals surface area (Å²) in [5, 5.41) is 4.15. The third kappa shape index (κ3) is 5.41. The Morgan fingerprint density at radius 1 is 1.04 bits per heavy atom. The predicted octanol–water partition coefficient (Wildman–Crippen LogP) is 0.820. The van der Waals surface area contributed by atoms with Crippen LogP contribution in [0.2, 0.25) is 0 Å². The van der Waals surface area contributed by atoms with E-state index in [2.05, 4.69) is 16.0 Å². The van der Waals surface area contributed by atoms with Gasteiger partial charge in [-0.1, -0.05) is 17.7 Å². The van der Waals surface area contributed by atoms with Gasteiger partial charge >= 0.3 is 0 Å². The molecule has 1 aromatic heterocycles. The van der Waals surface area contributed by atoms with Gasteiger partial charge in [-0.25, -0.2) is 8.42 Å². The van der Waals surface area contributed by atoms with E-state index >= 15 is 0 Å². The summed E-state index contributed by atoms with van der Waals surface area (Å²) in [5.74, 6) is -1.37. The van der Waals surface area contributed by atoms with Crippen molar-refractivity contribution in [3.8, 4) is 0 Å². The highest BCUT2D eigenvalue weighted by molar-refractivity contribution is 7.91. The maximum Gasteiger partial charge on any atom is 0.260 e. The van der Waals surface area contributed by atoms with Crippen molar-refractivity contribution in [1.29, 1.82) is 0 Å². The van der Waals surface area contributed by atoms with Crippen LogP contribution in [0.5, 0.6) is 0 Å². The summed E-state index contributed by atoms with van der Waals surface area (Å²) in [4.78, 5) is 23.8. The number of carbonyl (C=O) groups excluding carboxylic acids is 2. The Bertz CT molecular complexity index is 901. The first kappa shape index (κ1) is 19.6. The van der Waals surface area contributed by atoms with Crippen LogP contribution < -0.4 is 10.9 Å². The summed E-state index contributed by atoms with van der Waals surface area (Å²) in [7, 11) is -3.55. The third-order valence-electron chi connectivity index (χ3n) is 3.72. The van der Waals surface area contributed by atoms with E-state index < -0.39 is 21.7 Å². The maximum absolute atomic E-state index is 12.2. The normalized spacial score (nSPS) is 11.2. The van der Waals surface area contributed by atoms with E-state index in [0.29, 0.717) is 0 Å². The molecule has 8 nitrogen and oxygen atoms in total. The monoisotopic (exact) mass is 378 g/mol. The Hall–Kier alpha value is -2.68. The highest BCUT2D eigenvalue weighted by Gasteiger charge is 2.16. The van der Waals surface area contributed by atoms with Gasteiger partial charge < -0.3 is 0 Å². The zero-order valence-electron chi connectivity index (χ0n) is 14.9. The molecule has 1 aromatic carbocycles. The molecule has 1 heterocycles. The second kappa shape index (κ2) is 8.13. The molecule has 0 bridgehead atoms. The minimum absolute atomic E-state index is 0.0401. The first-order valence-electron chi connectivity index (χ1n) is 8.05. The lowest BCUT2D eigenvalue weighted by molar-refractivity contribution is -0.129. The summed E-state index contributed by atoms with van der Waals surface area (Å²) >= 11 is 0. The number of hydrogen-bond donors (Lipinski definition) is 2. The Morgan fingerprint density at radius 3 is 2.23 bits per heavy atom. The molecule has 0 fully saturated rings. The van der Waals surface area contributed by atoms with Crippen molar-refractivity contribution in [1.82, 2.24) is 20.6 Å². The molecule has 140 valence electrons. The van der Waals surface area contributed by atoms with E-state index in [-0.39, 0.29) is 23.6 Å². The van der Waals surface area contributed by atoms with Crippen LogP contribution in [0.3, 0.4) is 0 Å². The largest absolute Gasteiger partial charge is 0.273 e. The van der Waals surface area contributed by atoms with Gasteiger partial charge in [-0.15, -0.1) is 0 Å². The molecule has 2 N–H and O–H groups in total. The van der Waals surface area contributed by atoms with E-state index in [1.807, 2.05) is 26.8 Å². The molecule has 0 saturated carbocycles. The van der Waals surface area contributed by atoms with Crippen molar-refractivity contribution in [3.05, 3.63) is 47.3 Å². The summed E-state index contributed by atoms with van der Waals surface area (Å²) < 4.78 is 25.9. The molecule has 0 spiro atoms. The third-order valence-corrected chi connectivity index (χ3v) is 5.45. The zero-order valence-corrected chi connectivity index (χ0v) is 15.8. The van der Waals surface area contributed by atoms with E-state index in [9.17, 15) is 18.0 Å². The second-order valence-electron chi connectivity index (χ2n) is 6.06. The number of carbonyl (C=O) groups is 2. The number of sulfone groups is 1. The van der Waals surface area contributed by atoms with Crippen LogP contribution in [0.1, 0.15) is 23.4 Å². The lowest BCUT2D eigenvalue weighted by Crippen LogP contribution is -2.43. The Labute approximate surface area is 152 Å². The quantitative estimate of drug-likeness (QED) is 0.723. The second-order valence-corrected chi connectivity index (χ2v) is 8.17. The number of nitrogens with one attached hydrogen (secondary N) is 2. The number of rotatable bonds is 6. The fourth-order valence-corrected chi connectivity index (χ4v) is 3.54. The summed E-state index contributed by atoms with van der Waals surface area (Å²) in [6.07, 6.45) is -0.254. The molecule has 0 saturated heterocycles. The van der Waals surface area contributed by atoms with Crippen molar-refractivity contribution in [2.75, 3.05) is 5.75 Å². The lowest BCUT2D eigenvalue weighted by atomic mass is 10.2. The maximum atomic E-state index is 12.2. The van der Waals surface area contributed by atoms with Gasteiger partial charge in [0.15, 0.2) is 9.84 Å². The van der Waals surface area contributed by atoms with Crippen molar-refractivity contribution < 1.29 is 18.0 Å². The van der Waals surface area contributed by atoms with Gasteiger partial charge in [0.05, 0.1) is 16.3 Å². The first-order valence-corrected chi connectivity index (χ1v) is 9.71. The number of aromatic nitrogens is 2. The van der Waals surface area contributed by atoms with E-state index in [1.165, 1.54) is 16.8 Å². The highest BCUT2D eigenvalue weighted by Crippen LogP contribution is 2.12. The Balaban J connectivity index is 1.80. The van der Waals surface area contributed by atoms with Crippen LogP contribution in [0.15, 0.2) is 35.2 Å². The fraction of sp³-hybridized carbons (Fsp3) is 0.353.